The molecule has 52 heavy (non-hydrogen) atoms. The Morgan fingerprint density at radius 2 is 0.885 bits per heavy atom. The number of hydrogen-bond donors (Lipinski definition) is 6. The smallest absolute Gasteiger partial charge is 0.229 e. The van der Waals surface area contributed by atoms with Crippen LogP contribution < -0.4 is 10.6 Å². The molecule has 2 amide bonds. The Morgan fingerprint density at radius 1 is 0.615 bits per heavy atom. The SMILES string of the molecule is C#C.CC(C)C.CC(C)C.CC(O)C1(C(=O)NCc2ncc(-c3ccc(-c4ccc(-c5cnc(CNC(=O)C6(C(C)O)CC6)[nH]5)cc4)cc3)[nH]2)CC1. The third kappa shape index (κ3) is 11.1. The van der Waals surface area contributed by atoms with Crippen molar-refractivity contribution in [3.8, 4) is 46.5 Å². The van der Waals surface area contributed by atoms with Crippen LogP contribution >= 0.6 is 0 Å². The van der Waals surface area contributed by atoms with E-state index in [1.54, 1.807) is 26.2 Å². The normalized spacial score (nSPS) is 15.7. The van der Waals surface area contributed by atoms with Crippen molar-refractivity contribution in [2.75, 3.05) is 0 Å². The minimum atomic E-state index is -0.652. The zero-order valence-corrected chi connectivity index (χ0v) is 32.1. The largest absolute Gasteiger partial charge is 0.392 e. The molecule has 0 bridgehead atoms. The highest BCUT2D eigenvalue weighted by Gasteiger charge is 2.54. The summed E-state index contributed by atoms with van der Waals surface area (Å²) < 4.78 is 0. The van der Waals surface area contributed by atoms with E-state index in [-0.39, 0.29) is 24.9 Å². The Labute approximate surface area is 309 Å². The zero-order valence-electron chi connectivity index (χ0n) is 32.1. The summed E-state index contributed by atoms with van der Waals surface area (Å²) in [6.45, 7) is 16.9. The number of aliphatic hydroxyl groups excluding tert-OH is 2. The predicted octanol–water partition coefficient (Wildman–Crippen LogP) is 7.26. The van der Waals surface area contributed by atoms with E-state index in [1.165, 1.54) is 0 Å². The van der Waals surface area contributed by atoms with Crippen molar-refractivity contribution in [2.45, 2.75) is 106 Å². The lowest BCUT2D eigenvalue weighted by Gasteiger charge is -2.17. The van der Waals surface area contributed by atoms with E-state index in [9.17, 15) is 19.8 Å². The highest BCUT2D eigenvalue weighted by Crippen LogP contribution is 2.49. The first kappa shape index (κ1) is 41.7. The van der Waals surface area contributed by atoms with Crippen LogP contribution in [0.2, 0.25) is 0 Å². The predicted molar refractivity (Wildman–Crippen MR) is 208 cm³/mol. The van der Waals surface area contributed by atoms with E-state index in [4.69, 9.17) is 0 Å². The topological polar surface area (TPSA) is 156 Å². The lowest BCUT2D eigenvalue weighted by Crippen LogP contribution is -2.38. The number of imidazole rings is 2. The number of aliphatic hydroxyl groups is 2. The summed E-state index contributed by atoms with van der Waals surface area (Å²) in [4.78, 5) is 40.3. The summed E-state index contributed by atoms with van der Waals surface area (Å²) in [5.74, 6) is 2.75. The van der Waals surface area contributed by atoms with E-state index in [2.05, 4.69) is 109 Å². The minimum absolute atomic E-state index is 0.123. The van der Waals surface area contributed by atoms with Gasteiger partial charge in [0.15, 0.2) is 0 Å². The van der Waals surface area contributed by atoms with Crippen LogP contribution in [-0.4, -0.2) is 54.2 Å². The number of nitrogens with zero attached hydrogens (tertiary/aromatic N) is 2. The number of carbonyl (C=O) groups is 2. The molecule has 2 aliphatic carbocycles. The van der Waals surface area contributed by atoms with Crippen molar-refractivity contribution >= 4 is 11.8 Å². The number of aromatic amines is 2. The number of terminal acetylenes is 1. The fraction of sp³-hybridized carbons (Fsp3) is 0.476. The van der Waals surface area contributed by atoms with Gasteiger partial charge in [-0.1, -0.05) is 90.1 Å². The molecule has 2 aliphatic rings. The zero-order chi connectivity index (χ0) is 38.6. The maximum atomic E-state index is 12.5. The van der Waals surface area contributed by atoms with Gasteiger partial charge in [-0.25, -0.2) is 9.97 Å². The Balaban J connectivity index is 0.000000654. The number of aromatic nitrogens is 4. The van der Waals surface area contributed by atoms with Crippen LogP contribution in [0.25, 0.3) is 33.6 Å². The maximum Gasteiger partial charge on any atom is 0.229 e. The molecule has 2 aromatic heterocycles. The lowest BCUT2D eigenvalue weighted by molar-refractivity contribution is -0.131. The van der Waals surface area contributed by atoms with E-state index in [0.717, 1.165) is 45.5 Å². The molecular weight excluding hydrogens is 652 g/mol. The van der Waals surface area contributed by atoms with Gasteiger partial charge in [-0.3, -0.25) is 9.59 Å². The van der Waals surface area contributed by atoms with Crippen molar-refractivity contribution in [2.24, 2.45) is 22.7 Å². The molecule has 2 fully saturated rings. The summed E-state index contributed by atoms with van der Waals surface area (Å²) in [5.41, 5.74) is 4.58. The van der Waals surface area contributed by atoms with Crippen molar-refractivity contribution < 1.29 is 19.8 Å². The molecule has 2 unspecified atom stereocenters. The molecule has 2 saturated carbocycles. The molecule has 2 aromatic carbocycles. The van der Waals surface area contributed by atoms with Crippen molar-refractivity contribution in [3.05, 3.63) is 72.6 Å². The van der Waals surface area contributed by atoms with Crippen LogP contribution in [-0.2, 0) is 22.7 Å². The number of nitrogens with one attached hydrogen (secondary N) is 4. The van der Waals surface area contributed by atoms with Crippen molar-refractivity contribution in [1.29, 1.82) is 0 Å². The van der Waals surface area contributed by atoms with E-state index in [0.29, 0.717) is 37.3 Å². The first-order valence-electron chi connectivity index (χ1n) is 18.2. The van der Waals surface area contributed by atoms with Crippen LogP contribution in [0.5, 0.6) is 0 Å². The first-order chi connectivity index (χ1) is 24.7. The second kappa shape index (κ2) is 18.7. The molecule has 0 saturated heterocycles. The minimum Gasteiger partial charge on any atom is -0.392 e. The highest BCUT2D eigenvalue weighted by molar-refractivity contribution is 5.86. The van der Waals surface area contributed by atoms with Crippen LogP contribution in [0.15, 0.2) is 60.9 Å². The molecule has 2 atom stereocenters. The summed E-state index contributed by atoms with van der Waals surface area (Å²) in [7, 11) is 0. The van der Waals surface area contributed by atoms with Crippen molar-refractivity contribution in [3.63, 3.8) is 0 Å². The van der Waals surface area contributed by atoms with E-state index >= 15 is 0 Å². The second-order valence-electron chi connectivity index (χ2n) is 15.1. The summed E-state index contributed by atoms with van der Waals surface area (Å²) in [5, 5.41) is 25.6. The fourth-order valence-corrected chi connectivity index (χ4v) is 5.50. The fourth-order valence-electron chi connectivity index (χ4n) is 5.50. The Kier molecular flexibility index (Phi) is 15.0. The summed E-state index contributed by atoms with van der Waals surface area (Å²) in [6, 6.07) is 16.4. The van der Waals surface area contributed by atoms with E-state index in [1.807, 2.05) is 24.3 Å². The molecule has 10 heteroatoms. The van der Waals surface area contributed by atoms with Gasteiger partial charge < -0.3 is 30.8 Å². The number of H-pyrrole nitrogens is 2. The number of hydrogen-bond acceptors (Lipinski definition) is 6. The second-order valence-corrected chi connectivity index (χ2v) is 15.1. The van der Waals surface area contributed by atoms with Gasteiger partial charge in [0, 0.05) is 0 Å². The molecule has 10 nitrogen and oxygen atoms in total. The standard InChI is InChI=1S/C32H36N6O4.2C4H10.C2H2/c1-19(39)31(11-12-31)29(41)35-17-27-33-15-25(37-27)23-7-3-21(4-8-23)22-5-9-24(10-6-22)26-16-34-28(38-26)18-36-30(42)32(13-14-32)20(2)40;2*1-4(2)3;1-2/h3-10,15-16,19-20,39-40H,11-14,17-18H2,1-2H3,(H,33,37)(H,34,38)(H,35,41)(H,36,42);2*4H,1-3H3;1-2H. The molecule has 0 radical (unpaired) electrons. The van der Waals surface area contributed by atoms with Crippen molar-refractivity contribution in [1.82, 2.24) is 30.6 Å². The quantitative estimate of drug-likeness (QED) is 0.0900. The van der Waals surface area contributed by atoms with Crippen LogP contribution in [0.4, 0.5) is 0 Å². The monoisotopic (exact) mass is 710 g/mol. The number of amides is 2. The molecule has 0 spiro atoms. The number of benzene rings is 2. The molecule has 6 N–H and O–H groups in total. The van der Waals surface area contributed by atoms with E-state index < -0.39 is 23.0 Å². The van der Waals surface area contributed by atoms with Crippen LogP contribution in [0.3, 0.4) is 0 Å². The van der Waals surface area contributed by atoms with Gasteiger partial charge in [-0.05, 0) is 73.6 Å². The van der Waals surface area contributed by atoms with Gasteiger partial charge in [-0.15, -0.1) is 12.8 Å². The van der Waals surface area contributed by atoms with Gasteiger partial charge in [0.25, 0.3) is 0 Å². The van der Waals surface area contributed by atoms with Crippen LogP contribution in [0.1, 0.15) is 92.7 Å². The third-order valence-corrected chi connectivity index (χ3v) is 8.90. The lowest BCUT2D eigenvalue weighted by atomic mass is 10.00. The number of carbonyl (C=O) groups excluding carboxylic acids is 2. The van der Waals surface area contributed by atoms with Gasteiger partial charge in [0.05, 0.1) is 59.9 Å². The average molecular weight is 711 g/mol. The highest BCUT2D eigenvalue weighted by atomic mass is 16.3. The molecular formula is C42H58N6O4. The third-order valence-electron chi connectivity index (χ3n) is 8.90. The Bertz CT molecular complexity index is 1590. The Morgan fingerprint density at radius 3 is 1.13 bits per heavy atom. The number of rotatable bonds is 11. The van der Waals surface area contributed by atoms with Gasteiger partial charge in [0.2, 0.25) is 11.8 Å². The first-order valence-corrected chi connectivity index (χ1v) is 18.2. The maximum absolute atomic E-state index is 12.5. The summed E-state index contributed by atoms with van der Waals surface area (Å²) in [6.07, 6.45) is 13.1. The van der Waals surface area contributed by atoms with Gasteiger partial charge in [0.1, 0.15) is 11.6 Å². The summed E-state index contributed by atoms with van der Waals surface area (Å²) >= 11 is 0. The Hall–Kier alpha value is -4.72. The van der Waals surface area contributed by atoms with Gasteiger partial charge >= 0.3 is 0 Å². The molecule has 4 aromatic rings. The molecule has 2 heterocycles. The average Bonchev–Trinajstić information content (AvgIpc) is 4.01. The van der Waals surface area contributed by atoms with Gasteiger partial charge in [-0.2, -0.15) is 0 Å². The molecule has 0 aliphatic heterocycles. The van der Waals surface area contributed by atoms with Crippen LogP contribution in [0, 0.1) is 35.5 Å². The molecule has 6 rings (SSSR count). The molecule has 280 valence electrons.